The maximum absolute atomic E-state index is 13.5. The molecule has 0 saturated heterocycles. The quantitative estimate of drug-likeness (QED) is 0.656. The second-order valence-electron chi connectivity index (χ2n) is 5.80. The molecule has 3 rings (SSSR count). The highest BCUT2D eigenvalue weighted by Crippen LogP contribution is 2.37. The molecule has 28 heavy (non-hydrogen) atoms. The Kier molecular flexibility index (Phi) is 5.62. The lowest BCUT2D eigenvalue weighted by molar-refractivity contribution is -0.143. The second-order valence-corrected chi connectivity index (χ2v) is 5.80. The molecule has 1 aromatic heterocycles. The zero-order valence-corrected chi connectivity index (χ0v) is 14.4. The zero-order chi connectivity index (χ0) is 20.1. The number of ether oxygens (including phenoxy) is 1. The van der Waals surface area contributed by atoms with Gasteiger partial charge < -0.3 is 10.1 Å². The van der Waals surface area contributed by atoms with Gasteiger partial charge in [-0.3, -0.25) is 0 Å². The first kappa shape index (κ1) is 19.4. The molecule has 1 amide bonds. The molecule has 3 aromatic rings. The number of hydrogen-bond acceptors (Lipinski definition) is 3. The molecular formula is C19H15F4N3O2. The van der Waals surface area contributed by atoms with Crippen molar-refractivity contribution in [3.8, 4) is 11.4 Å². The van der Waals surface area contributed by atoms with Crippen molar-refractivity contribution in [2.75, 3.05) is 6.54 Å². The summed E-state index contributed by atoms with van der Waals surface area (Å²) in [7, 11) is 0. The summed E-state index contributed by atoms with van der Waals surface area (Å²) in [4.78, 5) is 11.9. The van der Waals surface area contributed by atoms with E-state index in [2.05, 4.69) is 10.4 Å². The standard InChI is InChI=1S/C19H15F4N3O2/c20-14-6-4-5-13(11-14)9-10-24-18(27)28-16-12-25-26(17(16)19(21,22)23)15-7-2-1-3-8-15/h1-8,11-12H,9-10H2,(H,24,27). The molecule has 0 spiro atoms. The number of carbonyl (C=O) groups excluding carboxylic acids is 1. The summed E-state index contributed by atoms with van der Waals surface area (Å²) in [6.07, 6.45) is -4.72. The fourth-order valence-electron chi connectivity index (χ4n) is 2.57. The van der Waals surface area contributed by atoms with Gasteiger partial charge in [0.2, 0.25) is 0 Å². The highest BCUT2D eigenvalue weighted by molar-refractivity contribution is 5.70. The van der Waals surface area contributed by atoms with Gasteiger partial charge in [0, 0.05) is 6.54 Å². The van der Waals surface area contributed by atoms with E-state index in [1.54, 1.807) is 24.3 Å². The molecule has 0 unspecified atom stereocenters. The smallest absolute Gasteiger partial charge is 0.406 e. The van der Waals surface area contributed by atoms with Gasteiger partial charge in [0.25, 0.3) is 0 Å². The van der Waals surface area contributed by atoms with Crippen molar-refractivity contribution < 1.29 is 27.1 Å². The Morgan fingerprint density at radius 3 is 2.54 bits per heavy atom. The minimum absolute atomic E-state index is 0.0659. The monoisotopic (exact) mass is 393 g/mol. The first-order valence-electron chi connectivity index (χ1n) is 8.25. The molecule has 0 bridgehead atoms. The van der Waals surface area contributed by atoms with Crippen LogP contribution in [0.1, 0.15) is 11.3 Å². The van der Waals surface area contributed by atoms with Crippen molar-refractivity contribution in [2.45, 2.75) is 12.6 Å². The maximum atomic E-state index is 13.5. The number of aromatic nitrogens is 2. The van der Waals surface area contributed by atoms with E-state index in [0.29, 0.717) is 16.7 Å². The summed E-state index contributed by atoms with van der Waals surface area (Å²) < 4.78 is 59.0. The van der Waals surface area contributed by atoms with Crippen molar-refractivity contribution in [1.29, 1.82) is 0 Å². The van der Waals surface area contributed by atoms with Crippen molar-refractivity contribution >= 4 is 6.09 Å². The van der Waals surface area contributed by atoms with Crippen LogP contribution in [-0.4, -0.2) is 22.4 Å². The van der Waals surface area contributed by atoms with Crippen molar-refractivity contribution in [3.05, 3.63) is 77.9 Å². The Morgan fingerprint density at radius 1 is 1.11 bits per heavy atom. The molecule has 2 aromatic carbocycles. The minimum atomic E-state index is -4.79. The van der Waals surface area contributed by atoms with E-state index in [1.165, 1.54) is 30.3 Å². The van der Waals surface area contributed by atoms with Gasteiger partial charge in [-0.05, 0) is 36.2 Å². The van der Waals surface area contributed by atoms with E-state index in [1.807, 2.05) is 0 Å². The predicted molar refractivity (Wildman–Crippen MR) is 92.7 cm³/mol. The summed E-state index contributed by atoms with van der Waals surface area (Å²) in [5.74, 6) is -1.12. The average molecular weight is 393 g/mol. The van der Waals surface area contributed by atoms with E-state index in [-0.39, 0.29) is 12.2 Å². The van der Waals surface area contributed by atoms with E-state index >= 15 is 0 Å². The number of alkyl halides is 3. The molecule has 0 radical (unpaired) electrons. The average Bonchev–Trinajstić information content (AvgIpc) is 3.06. The van der Waals surface area contributed by atoms with Crippen LogP contribution >= 0.6 is 0 Å². The number of nitrogens with one attached hydrogen (secondary N) is 1. The number of hydrogen-bond donors (Lipinski definition) is 1. The Labute approximate surface area is 157 Å². The van der Waals surface area contributed by atoms with Gasteiger partial charge in [-0.25, -0.2) is 13.9 Å². The van der Waals surface area contributed by atoms with Crippen LogP contribution < -0.4 is 10.1 Å². The fourth-order valence-corrected chi connectivity index (χ4v) is 2.57. The van der Waals surface area contributed by atoms with Gasteiger partial charge >= 0.3 is 12.3 Å². The molecule has 146 valence electrons. The van der Waals surface area contributed by atoms with Gasteiger partial charge in [-0.15, -0.1) is 0 Å². The molecule has 0 aliphatic carbocycles. The maximum Gasteiger partial charge on any atom is 0.437 e. The Morgan fingerprint density at radius 2 is 1.86 bits per heavy atom. The van der Waals surface area contributed by atoms with Crippen LogP contribution in [0.5, 0.6) is 5.75 Å². The normalized spacial score (nSPS) is 11.3. The van der Waals surface area contributed by atoms with Crippen molar-refractivity contribution in [1.82, 2.24) is 15.1 Å². The van der Waals surface area contributed by atoms with Crippen LogP contribution in [0.15, 0.2) is 60.8 Å². The van der Waals surface area contributed by atoms with Crippen LogP contribution in [0.2, 0.25) is 0 Å². The molecule has 0 fully saturated rings. The summed E-state index contributed by atoms with van der Waals surface area (Å²) in [6.45, 7) is 0.0659. The molecule has 5 nitrogen and oxygen atoms in total. The molecular weight excluding hydrogens is 378 g/mol. The largest absolute Gasteiger partial charge is 0.437 e. The molecule has 0 saturated carbocycles. The van der Waals surface area contributed by atoms with Crippen LogP contribution in [-0.2, 0) is 12.6 Å². The minimum Gasteiger partial charge on any atom is -0.406 e. The van der Waals surface area contributed by atoms with E-state index in [9.17, 15) is 22.4 Å². The predicted octanol–water partition coefficient (Wildman–Crippen LogP) is 4.36. The van der Waals surface area contributed by atoms with E-state index < -0.39 is 29.5 Å². The van der Waals surface area contributed by atoms with Crippen molar-refractivity contribution in [3.63, 3.8) is 0 Å². The number of rotatable bonds is 5. The van der Waals surface area contributed by atoms with Crippen LogP contribution in [0.25, 0.3) is 5.69 Å². The zero-order valence-electron chi connectivity index (χ0n) is 14.4. The first-order valence-corrected chi connectivity index (χ1v) is 8.25. The molecule has 0 atom stereocenters. The highest BCUT2D eigenvalue weighted by Gasteiger charge is 2.40. The molecule has 1 heterocycles. The Balaban J connectivity index is 1.69. The SMILES string of the molecule is O=C(NCCc1cccc(F)c1)Oc1cnn(-c2ccccc2)c1C(F)(F)F. The lowest BCUT2D eigenvalue weighted by Crippen LogP contribution is -2.29. The summed E-state index contributed by atoms with van der Waals surface area (Å²) in [6, 6.07) is 13.5. The van der Waals surface area contributed by atoms with Crippen molar-refractivity contribution in [2.24, 2.45) is 0 Å². The number of carbonyl (C=O) groups is 1. The van der Waals surface area contributed by atoms with Gasteiger partial charge in [-0.1, -0.05) is 30.3 Å². The third-order valence-corrected chi connectivity index (χ3v) is 3.78. The lowest BCUT2D eigenvalue weighted by atomic mass is 10.1. The van der Waals surface area contributed by atoms with E-state index in [4.69, 9.17) is 4.74 Å². The topological polar surface area (TPSA) is 56.1 Å². The number of nitrogens with zero attached hydrogens (tertiary/aromatic N) is 2. The van der Waals surface area contributed by atoms with Crippen LogP contribution in [0.4, 0.5) is 22.4 Å². The summed E-state index contributed by atoms with van der Waals surface area (Å²) >= 11 is 0. The molecule has 1 N–H and O–H groups in total. The highest BCUT2D eigenvalue weighted by atomic mass is 19.4. The van der Waals surface area contributed by atoms with Crippen LogP contribution in [0.3, 0.4) is 0 Å². The number of benzene rings is 2. The fraction of sp³-hybridized carbons (Fsp3) is 0.158. The summed E-state index contributed by atoms with van der Waals surface area (Å²) in [5.41, 5.74) is -0.386. The van der Waals surface area contributed by atoms with E-state index in [0.717, 1.165) is 6.20 Å². The second kappa shape index (κ2) is 8.12. The summed E-state index contributed by atoms with van der Waals surface area (Å²) in [5, 5.41) is 6.03. The lowest BCUT2D eigenvalue weighted by Gasteiger charge is -2.12. The molecule has 0 aliphatic rings. The van der Waals surface area contributed by atoms with Gasteiger partial charge in [0.1, 0.15) is 5.82 Å². The number of para-hydroxylation sites is 1. The Bertz CT molecular complexity index is 955. The number of amides is 1. The van der Waals surface area contributed by atoms with Gasteiger partial charge in [0.05, 0.1) is 11.9 Å². The van der Waals surface area contributed by atoms with Crippen LogP contribution in [0, 0.1) is 5.82 Å². The molecule has 0 aliphatic heterocycles. The Hall–Kier alpha value is -3.36. The first-order chi connectivity index (χ1) is 13.3. The third kappa shape index (κ3) is 4.67. The molecule has 9 heteroatoms. The third-order valence-electron chi connectivity index (χ3n) is 3.78. The van der Waals surface area contributed by atoms with Gasteiger partial charge in [0.15, 0.2) is 11.4 Å². The number of halogens is 4. The van der Waals surface area contributed by atoms with Gasteiger partial charge in [-0.2, -0.15) is 18.3 Å².